The lowest BCUT2D eigenvalue weighted by molar-refractivity contribution is 0.0695. The Kier molecular flexibility index (Phi) is 2.80. The number of aromatic nitrogens is 1. The normalized spacial score (nSPS) is 9.75. The number of nitrogens with zero attached hydrogens (tertiary/aromatic N) is 1. The summed E-state index contributed by atoms with van der Waals surface area (Å²) in [5.41, 5.74) is 0.992. The van der Waals surface area contributed by atoms with Gasteiger partial charge in [0.2, 0.25) is 0 Å². The number of carbonyl (C=O) groups is 1. The van der Waals surface area contributed by atoms with Gasteiger partial charge in [0.1, 0.15) is 0 Å². The number of carboxylic acid groups (broad SMARTS) is 1. The summed E-state index contributed by atoms with van der Waals surface area (Å²) in [6, 6.07) is 3.23. The third-order valence-electron chi connectivity index (χ3n) is 1.61. The molecule has 1 aromatic rings. The first kappa shape index (κ1) is 8.71. The Hall–Kier alpha value is -1.38. The number of pyridine rings is 1. The minimum absolute atomic E-state index is 0.319. The average Bonchev–Trinajstić information content (AvgIpc) is 2.05. The number of aromatic carboxylic acids is 1. The third kappa shape index (κ3) is 1.81. The molecule has 1 rings (SSSR count). The van der Waals surface area contributed by atoms with Crippen LogP contribution in [0.15, 0.2) is 18.3 Å². The standard InChI is InChI=1S/C9H11NO2/c1-2-4-8-7(9(11)12)5-3-6-10-8/h3,5-6H,2,4H2,1H3,(H,11,12). The fourth-order valence-corrected chi connectivity index (χ4v) is 1.07. The third-order valence-corrected chi connectivity index (χ3v) is 1.61. The second-order valence-corrected chi connectivity index (χ2v) is 2.55. The van der Waals surface area contributed by atoms with Crippen molar-refractivity contribution < 1.29 is 9.90 Å². The van der Waals surface area contributed by atoms with Crippen molar-refractivity contribution in [3.63, 3.8) is 0 Å². The van der Waals surface area contributed by atoms with Gasteiger partial charge < -0.3 is 5.11 Å². The van der Waals surface area contributed by atoms with E-state index in [1.807, 2.05) is 6.92 Å². The predicted octanol–water partition coefficient (Wildman–Crippen LogP) is 1.73. The van der Waals surface area contributed by atoms with Crippen molar-refractivity contribution in [2.75, 3.05) is 0 Å². The monoisotopic (exact) mass is 165 g/mol. The van der Waals surface area contributed by atoms with Crippen LogP contribution in [0.5, 0.6) is 0 Å². The molecule has 0 bridgehead atoms. The highest BCUT2D eigenvalue weighted by atomic mass is 16.4. The molecule has 0 amide bonds. The molecular formula is C9H11NO2. The maximum Gasteiger partial charge on any atom is 0.337 e. The Morgan fingerprint density at radius 3 is 3.00 bits per heavy atom. The Morgan fingerprint density at radius 2 is 2.42 bits per heavy atom. The summed E-state index contributed by atoms with van der Waals surface area (Å²) in [7, 11) is 0. The molecule has 1 heterocycles. The van der Waals surface area contributed by atoms with Crippen molar-refractivity contribution in [3.8, 4) is 0 Å². The van der Waals surface area contributed by atoms with E-state index in [1.54, 1.807) is 18.3 Å². The van der Waals surface area contributed by atoms with Crippen molar-refractivity contribution in [1.29, 1.82) is 0 Å². The number of hydrogen-bond donors (Lipinski definition) is 1. The SMILES string of the molecule is CCCc1ncccc1C(=O)O. The van der Waals surface area contributed by atoms with Gasteiger partial charge in [-0.15, -0.1) is 0 Å². The maximum absolute atomic E-state index is 10.7. The molecule has 12 heavy (non-hydrogen) atoms. The zero-order valence-corrected chi connectivity index (χ0v) is 6.95. The minimum atomic E-state index is -0.897. The molecule has 0 saturated heterocycles. The van der Waals surface area contributed by atoms with Gasteiger partial charge in [-0.05, 0) is 18.6 Å². The fourth-order valence-electron chi connectivity index (χ4n) is 1.07. The van der Waals surface area contributed by atoms with Crippen LogP contribution in [-0.2, 0) is 6.42 Å². The molecule has 3 nitrogen and oxygen atoms in total. The molecule has 0 aliphatic carbocycles. The molecule has 0 aliphatic heterocycles. The largest absolute Gasteiger partial charge is 0.478 e. The lowest BCUT2D eigenvalue weighted by atomic mass is 10.1. The van der Waals surface area contributed by atoms with Gasteiger partial charge in [0, 0.05) is 6.20 Å². The van der Waals surface area contributed by atoms with Crippen LogP contribution in [0.3, 0.4) is 0 Å². The zero-order chi connectivity index (χ0) is 8.97. The van der Waals surface area contributed by atoms with Gasteiger partial charge in [-0.3, -0.25) is 4.98 Å². The van der Waals surface area contributed by atoms with Crippen LogP contribution in [0.2, 0.25) is 0 Å². The van der Waals surface area contributed by atoms with Crippen molar-refractivity contribution in [3.05, 3.63) is 29.6 Å². The predicted molar refractivity (Wildman–Crippen MR) is 45.2 cm³/mol. The molecule has 0 atom stereocenters. The highest BCUT2D eigenvalue weighted by Gasteiger charge is 2.08. The minimum Gasteiger partial charge on any atom is -0.478 e. The van der Waals surface area contributed by atoms with E-state index in [2.05, 4.69) is 4.98 Å². The van der Waals surface area contributed by atoms with E-state index >= 15 is 0 Å². The van der Waals surface area contributed by atoms with E-state index in [-0.39, 0.29) is 0 Å². The van der Waals surface area contributed by atoms with Gasteiger partial charge in [0.05, 0.1) is 11.3 Å². The number of hydrogen-bond acceptors (Lipinski definition) is 2. The van der Waals surface area contributed by atoms with E-state index < -0.39 is 5.97 Å². The summed E-state index contributed by atoms with van der Waals surface area (Å²) >= 11 is 0. The van der Waals surface area contributed by atoms with Crippen molar-refractivity contribution in [2.45, 2.75) is 19.8 Å². The first-order valence-electron chi connectivity index (χ1n) is 3.93. The van der Waals surface area contributed by atoms with Gasteiger partial charge in [-0.1, -0.05) is 13.3 Å². The van der Waals surface area contributed by atoms with Gasteiger partial charge in [-0.2, -0.15) is 0 Å². The molecule has 0 saturated carbocycles. The molecule has 1 N–H and O–H groups in total. The first-order valence-corrected chi connectivity index (χ1v) is 3.93. The summed E-state index contributed by atoms with van der Waals surface area (Å²) < 4.78 is 0. The second-order valence-electron chi connectivity index (χ2n) is 2.55. The van der Waals surface area contributed by atoms with E-state index in [9.17, 15) is 4.79 Å². The highest BCUT2D eigenvalue weighted by molar-refractivity contribution is 5.88. The summed E-state index contributed by atoms with van der Waals surface area (Å²) in [6.07, 6.45) is 3.26. The summed E-state index contributed by atoms with van der Waals surface area (Å²) in [5, 5.41) is 8.75. The molecule has 1 aromatic heterocycles. The summed E-state index contributed by atoms with van der Waals surface area (Å²) in [6.45, 7) is 2.00. The van der Waals surface area contributed by atoms with Crippen LogP contribution in [0.4, 0.5) is 0 Å². The molecule has 0 aromatic carbocycles. The highest BCUT2D eigenvalue weighted by Crippen LogP contribution is 2.07. The van der Waals surface area contributed by atoms with Crippen molar-refractivity contribution >= 4 is 5.97 Å². The molecule has 0 radical (unpaired) electrons. The van der Waals surface area contributed by atoms with Crippen molar-refractivity contribution in [2.24, 2.45) is 0 Å². The van der Waals surface area contributed by atoms with E-state index in [0.29, 0.717) is 11.3 Å². The first-order chi connectivity index (χ1) is 5.75. The van der Waals surface area contributed by atoms with Crippen molar-refractivity contribution in [1.82, 2.24) is 4.98 Å². The topological polar surface area (TPSA) is 50.2 Å². The Morgan fingerprint density at radius 1 is 1.67 bits per heavy atom. The smallest absolute Gasteiger partial charge is 0.337 e. The van der Waals surface area contributed by atoms with E-state index in [4.69, 9.17) is 5.11 Å². The number of rotatable bonds is 3. The maximum atomic E-state index is 10.7. The molecule has 0 fully saturated rings. The molecular weight excluding hydrogens is 154 g/mol. The Labute approximate surface area is 71.1 Å². The lowest BCUT2D eigenvalue weighted by Gasteiger charge is -2.01. The summed E-state index contributed by atoms with van der Waals surface area (Å²) in [5.74, 6) is -0.897. The lowest BCUT2D eigenvalue weighted by Crippen LogP contribution is -2.03. The van der Waals surface area contributed by atoms with Gasteiger partial charge >= 0.3 is 5.97 Å². The molecule has 3 heteroatoms. The quantitative estimate of drug-likeness (QED) is 0.742. The molecule has 0 aliphatic rings. The van der Waals surface area contributed by atoms with Crippen LogP contribution in [0.1, 0.15) is 29.4 Å². The fraction of sp³-hybridized carbons (Fsp3) is 0.333. The Balaban J connectivity index is 3.00. The van der Waals surface area contributed by atoms with Crippen LogP contribution < -0.4 is 0 Å². The van der Waals surface area contributed by atoms with Gasteiger partial charge in [0.15, 0.2) is 0 Å². The molecule has 64 valence electrons. The van der Waals surface area contributed by atoms with Crippen LogP contribution >= 0.6 is 0 Å². The zero-order valence-electron chi connectivity index (χ0n) is 6.95. The number of aryl methyl sites for hydroxylation is 1. The Bertz CT molecular complexity index is 284. The van der Waals surface area contributed by atoms with Crippen LogP contribution in [0, 0.1) is 0 Å². The van der Waals surface area contributed by atoms with Crippen LogP contribution in [0.25, 0.3) is 0 Å². The van der Waals surface area contributed by atoms with E-state index in [0.717, 1.165) is 12.8 Å². The second kappa shape index (κ2) is 3.85. The van der Waals surface area contributed by atoms with E-state index in [1.165, 1.54) is 0 Å². The number of carboxylic acids is 1. The average molecular weight is 165 g/mol. The van der Waals surface area contributed by atoms with Crippen LogP contribution in [-0.4, -0.2) is 16.1 Å². The van der Waals surface area contributed by atoms with Gasteiger partial charge in [0.25, 0.3) is 0 Å². The molecule has 0 spiro atoms. The summed E-state index contributed by atoms with van der Waals surface area (Å²) in [4.78, 5) is 14.7. The molecule has 0 unspecified atom stereocenters. The van der Waals surface area contributed by atoms with Gasteiger partial charge in [-0.25, -0.2) is 4.79 Å².